The lowest BCUT2D eigenvalue weighted by Gasteiger charge is -2.36. The number of likely N-dealkylation sites (N-methyl/N-ethyl adjacent to an activating group) is 1. The topological polar surface area (TPSA) is 43.9 Å². The summed E-state index contributed by atoms with van der Waals surface area (Å²) in [7, 11) is 4.07. The van der Waals surface area contributed by atoms with Gasteiger partial charge in [-0.3, -0.25) is 9.59 Å². The smallest absolute Gasteiger partial charge is 0.282 e. The molecule has 2 amide bonds. The van der Waals surface area contributed by atoms with Crippen molar-refractivity contribution in [3.05, 3.63) is 69.4 Å². The van der Waals surface area contributed by atoms with E-state index in [1.807, 2.05) is 50.9 Å². The number of nitrogens with zero attached hydrogens (tertiary/aromatic N) is 3. The quantitative estimate of drug-likeness (QED) is 0.638. The Labute approximate surface area is 195 Å². The first-order chi connectivity index (χ1) is 15.2. The fourth-order valence-electron chi connectivity index (χ4n) is 4.66. The normalized spacial score (nSPS) is 18.1. The van der Waals surface area contributed by atoms with Crippen molar-refractivity contribution in [3.63, 3.8) is 0 Å². The van der Waals surface area contributed by atoms with Gasteiger partial charge in [0.05, 0.1) is 11.3 Å². The van der Waals surface area contributed by atoms with Gasteiger partial charge in [-0.15, -0.1) is 0 Å². The van der Waals surface area contributed by atoms with Crippen molar-refractivity contribution >= 4 is 34.7 Å². The molecule has 0 radical (unpaired) electrons. The lowest BCUT2D eigenvalue weighted by molar-refractivity contribution is -0.120. The minimum Gasteiger partial charge on any atom is -0.366 e. The van der Waals surface area contributed by atoms with Gasteiger partial charge in [-0.1, -0.05) is 29.8 Å². The second-order valence-corrected chi connectivity index (χ2v) is 9.48. The van der Waals surface area contributed by atoms with E-state index in [1.165, 1.54) is 4.90 Å². The van der Waals surface area contributed by atoms with Crippen LogP contribution in [0.2, 0.25) is 5.02 Å². The number of hydrogen-bond acceptors (Lipinski definition) is 4. The fourth-order valence-corrected chi connectivity index (χ4v) is 4.88. The van der Waals surface area contributed by atoms with Gasteiger partial charge in [-0.05, 0) is 94.2 Å². The van der Waals surface area contributed by atoms with E-state index in [1.54, 1.807) is 18.2 Å². The Kier molecular flexibility index (Phi) is 6.15. The van der Waals surface area contributed by atoms with E-state index in [0.717, 1.165) is 48.2 Å². The van der Waals surface area contributed by atoms with Gasteiger partial charge in [0.1, 0.15) is 5.70 Å². The number of carbonyl (C=O) groups excluding carboxylic acids is 2. The van der Waals surface area contributed by atoms with Gasteiger partial charge in [0.25, 0.3) is 11.8 Å². The highest BCUT2D eigenvalue weighted by atomic mass is 35.5. The summed E-state index contributed by atoms with van der Waals surface area (Å²) in [4.78, 5) is 33.2. The Balaban J connectivity index is 1.83. The van der Waals surface area contributed by atoms with Crippen LogP contribution in [0.4, 0.5) is 5.69 Å². The predicted octanol–water partition coefficient (Wildman–Crippen LogP) is 4.58. The van der Waals surface area contributed by atoms with Crippen LogP contribution in [0.3, 0.4) is 0 Å². The van der Waals surface area contributed by atoms with Crippen molar-refractivity contribution in [1.82, 2.24) is 9.80 Å². The first kappa shape index (κ1) is 22.6. The van der Waals surface area contributed by atoms with Crippen LogP contribution in [0.1, 0.15) is 35.1 Å². The molecule has 2 heterocycles. The molecular formula is C26H30ClN3O2. The molecule has 0 atom stereocenters. The molecule has 4 rings (SSSR count). The zero-order valence-electron chi connectivity index (χ0n) is 19.4. The minimum absolute atomic E-state index is 0.214. The zero-order chi connectivity index (χ0) is 23.2. The SMILES string of the molecule is Cc1ccc(C2=C(N(C)C3CCN(C)CC3)C(=O)N(c3ccc(Cl)cc3C)C2=O)cc1C. The van der Waals surface area contributed by atoms with Gasteiger partial charge in [0, 0.05) is 18.1 Å². The number of aryl methyl sites for hydroxylation is 3. The zero-order valence-corrected chi connectivity index (χ0v) is 20.2. The molecule has 2 aliphatic rings. The number of hydrogen-bond donors (Lipinski definition) is 0. The summed E-state index contributed by atoms with van der Waals surface area (Å²) in [6.07, 6.45) is 1.91. The van der Waals surface area contributed by atoms with Crippen LogP contribution in [-0.4, -0.2) is 54.8 Å². The number of carbonyl (C=O) groups is 2. The summed E-state index contributed by atoms with van der Waals surface area (Å²) in [5, 5.41) is 0.580. The number of benzene rings is 2. The molecule has 0 N–H and O–H groups in total. The lowest BCUT2D eigenvalue weighted by Crippen LogP contribution is -2.43. The predicted molar refractivity (Wildman–Crippen MR) is 130 cm³/mol. The van der Waals surface area contributed by atoms with Crippen LogP contribution in [0.5, 0.6) is 0 Å². The van der Waals surface area contributed by atoms with E-state index in [9.17, 15) is 9.59 Å². The summed E-state index contributed by atoms with van der Waals surface area (Å²) in [6, 6.07) is 11.4. The number of rotatable bonds is 4. The van der Waals surface area contributed by atoms with Crippen molar-refractivity contribution in [1.29, 1.82) is 0 Å². The summed E-state index contributed by atoms with van der Waals surface area (Å²) in [6.45, 7) is 7.90. The van der Waals surface area contributed by atoms with Crippen LogP contribution < -0.4 is 4.90 Å². The summed E-state index contributed by atoms with van der Waals surface area (Å²) >= 11 is 6.13. The Hall–Kier alpha value is -2.63. The molecule has 168 valence electrons. The maximum Gasteiger partial charge on any atom is 0.282 e. The van der Waals surface area contributed by atoms with E-state index >= 15 is 0 Å². The molecule has 2 aromatic rings. The molecule has 32 heavy (non-hydrogen) atoms. The third-order valence-corrected chi connectivity index (χ3v) is 7.08. The number of halogens is 1. The molecule has 6 heteroatoms. The summed E-state index contributed by atoms with van der Waals surface area (Å²) in [5.41, 5.74) is 5.38. The fraction of sp³-hybridized carbons (Fsp3) is 0.385. The van der Waals surface area contributed by atoms with Gasteiger partial charge >= 0.3 is 0 Å². The molecule has 0 aromatic heterocycles. The maximum absolute atomic E-state index is 13.8. The molecule has 1 saturated heterocycles. The summed E-state index contributed by atoms with van der Waals surface area (Å²) in [5.74, 6) is -0.548. The van der Waals surface area contributed by atoms with Crippen LogP contribution in [0.15, 0.2) is 42.1 Å². The molecule has 5 nitrogen and oxygen atoms in total. The number of likely N-dealkylation sites (tertiary alicyclic amines) is 1. The molecule has 0 spiro atoms. The molecule has 0 aliphatic carbocycles. The van der Waals surface area contributed by atoms with E-state index < -0.39 is 0 Å². The first-order valence-electron chi connectivity index (χ1n) is 11.1. The highest BCUT2D eigenvalue weighted by Gasteiger charge is 2.43. The number of piperidine rings is 1. The minimum atomic E-state index is -0.279. The van der Waals surface area contributed by atoms with Gasteiger partial charge in [-0.2, -0.15) is 0 Å². The molecule has 2 aromatic carbocycles. The highest BCUT2D eigenvalue weighted by molar-refractivity contribution is 6.45. The van der Waals surface area contributed by atoms with Crippen LogP contribution in [-0.2, 0) is 9.59 Å². The van der Waals surface area contributed by atoms with E-state index in [-0.39, 0.29) is 17.9 Å². The van der Waals surface area contributed by atoms with Gasteiger partial charge in [0.15, 0.2) is 0 Å². The average Bonchev–Trinajstić information content (AvgIpc) is 3.00. The molecule has 2 aliphatic heterocycles. The van der Waals surface area contributed by atoms with Crippen LogP contribution in [0.25, 0.3) is 5.57 Å². The molecule has 0 unspecified atom stereocenters. The number of anilines is 1. The molecule has 0 bridgehead atoms. The average molecular weight is 452 g/mol. The van der Waals surface area contributed by atoms with Crippen molar-refractivity contribution in [2.24, 2.45) is 0 Å². The van der Waals surface area contributed by atoms with Crippen LogP contribution >= 0.6 is 11.6 Å². The maximum atomic E-state index is 13.8. The van der Waals surface area contributed by atoms with E-state index in [4.69, 9.17) is 11.6 Å². The van der Waals surface area contributed by atoms with E-state index in [2.05, 4.69) is 11.9 Å². The van der Waals surface area contributed by atoms with Crippen molar-refractivity contribution in [2.45, 2.75) is 39.7 Å². The Morgan fingerprint density at radius 3 is 2.22 bits per heavy atom. The molecule has 1 fully saturated rings. The van der Waals surface area contributed by atoms with Gasteiger partial charge in [0.2, 0.25) is 0 Å². The van der Waals surface area contributed by atoms with Crippen LogP contribution in [0, 0.1) is 20.8 Å². The third kappa shape index (κ3) is 3.96. The standard InChI is InChI=1S/C26H30ClN3O2/c1-16-6-7-19(14-17(16)2)23-24(29(5)21-10-12-28(4)13-11-21)26(32)30(25(23)31)22-9-8-20(27)15-18(22)3/h6-9,14-15,21H,10-13H2,1-5H3. The third-order valence-electron chi connectivity index (χ3n) is 6.84. The highest BCUT2D eigenvalue weighted by Crippen LogP contribution is 2.38. The Morgan fingerprint density at radius 1 is 0.906 bits per heavy atom. The van der Waals surface area contributed by atoms with Gasteiger partial charge < -0.3 is 9.80 Å². The molecule has 0 saturated carbocycles. The van der Waals surface area contributed by atoms with Crippen molar-refractivity contribution < 1.29 is 9.59 Å². The largest absolute Gasteiger partial charge is 0.366 e. The molecular weight excluding hydrogens is 422 g/mol. The van der Waals surface area contributed by atoms with Gasteiger partial charge in [-0.25, -0.2) is 4.90 Å². The van der Waals surface area contributed by atoms with E-state index in [0.29, 0.717) is 22.0 Å². The monoisotopic (exact) mass is 451 g/mol. The second kappa shape index (κ2) is 8.72. The second-order valence-electron chi connectivity index (χ2n) is 9.04. The number of amides is 2. The first-order valence-corrected chi connectivity index (χ1v) is 11.4. The Bertz CT molecular complexity index is 1120. The lowest BCUT2D eigenvalue weighted by atomic mass is 9.97. The van der Waals surface area contributed by atoms with Crippen molar-refractivity contribution in [3.8, 4) is 0 Å². The Morgan fingerprint density at radius 2 is 1.59 bits per heavy atom. The van der Waals surface area contributed by atoms with Crippen molar-refractivity contribution in [2.75, 3.05) is 32.1 Å². The number of imide groups is 1. The summed E-state index contributed by atoms with van der Waals surface area (Å²) < 4.78 is 0.